The van der Waals surface area contributed by atoms with Crippen LogP contribution in [0.25, 0.3) is 0 Å². The van der Waals surface area contributed by atoms with E-state index in [9.17, 15) is 9.59 Å². The lowest BCUT2D eigenvalue weighted by Crippen LogP contribution is -2.04. The molecule has 21 heavy (non-hydrogen) atoms. The van der Waals surface area contributed by atoms with E-state index in [2.05, 4.69) is 13.8 Å². The molecule has 0 rings (SSSR count). The number of aliphatic hydroxyl groups excluding tert-OH is 1. The molecule has 0 heterocycles. The van der Waals surface area contributed by atoms with Crippen LogP contribution >= 0.6 is 0 Å². The molecule has 0 aliphatic rings. The Bertz CT molecular complexity index is 215. The summed E-state index contributed by atoms with van der Waals surface area (Å²) in [5, 5.41) is 16.0. The fourth-order valence-corrected chi connectivity index (χ4v) is 0.979. The number of esters is 1. The van der Waals surface area contributed by atoms with E-state index in [-0.39, 0.29) is 5.97 Å². The molecule has 0 fully saturated rings. The number of hydrogen-bond donors (Lipinski definition) is 2. The number of carbonyl (C=O) groups is 2. The summed E-state index contributed by atoms with van der Waals surface area (Å²) in [6, 6.07) is 0. The quantitative estimate of drug-likeness (QED) is 0.500. The van der Waals surface area contributed by atoms with Gasteiger partial charge in [-0.25, -0.2) is 0 Å². The molecule has 5 heteroatoms. The number of ether oxygens (including phenoxy) is 1. The minimum absolute atomic E-state index is 0.0593. The summed E-state index contributed by atoms with van der Waals surface area (Å²) in [5.74, 6) is -0.770. The highest BCUT2D eigenvalue weighted by molar-refractivity contribution is 5.69. The van der Waals surface area contributed by atoms with E-state index in [0.29, 0.717) is 26.1 Å². The summed E-state index contributed by atoms with van der Waals surface area (Å²) in [4.78, 5) is 20.3. The van der Waals surface area contributed by atoms with Crippen LogP contribution in [0.4, 0.5) is 0 Å². The molecule has 0 aromatic heterocycles. The number of carboxylic acids is 1. The molecule has 0 aromatic carbocycles. The second-order valence-corrected chi connectivity index (χ2v) is 4.54. The Balaban J connectivity index is -0.000000252. The minimum atomic E-state index is -0.711. The van der Waals surface area contributed by atoms with E-state index < -0.39 is 5.97 Å². The zero-order valence-electron chi connectivity index (χ0n) is 14.2. The second kappa shape index (κ2) is 24.0. The second-order valence-electron chi connectivity index (χ2n) is 4.54. The van der Waals surface area contributed by atoms with Gasteiger partial charge >= 0.3 is 11.9 Å². The molecule has 0 spiro atoms. The van der Waals surface area contributed by atoms with E-state index in [0.717, 1.165) is 38.5 Å². The van der Waals surface area contributed by atoms with Crippen molar-refractivity contribution in [3.63, 3.8) is 0 Å². The first-order valence-electron chi connectivity index (χ1n) is 7.98. The molecule has 5 nitrogen and oxygen atoms in total. The van der Waals surface area contributed by atoms with Gasteiger partial charge in [-0.2, -0.15) is 0 Å². The third kappa shape index (κ3) is 38.1. The molecule has 0 aliphatic heterocycles. The molecule has 128 valence electrons. The Hall–Kier alpha value is -1.10. The molecule has 0 atom stereocenters. The summed E-state index contributed by atoms with van der Waals surface area (Å²) in [6.45, 7) is 8.88. The summed E-state index contributed by atoms with van der Waals surface area (Å²) in [6.07, 6.45) is 6.56. The number of unbranched alkanes of at least 4 members (excludes halogenated alkanes) is 2. The maximum absolute atomic E-state index is 10.7. The Morgan fingerprint density at radius 1 is 0.857 bits per heavy atom. The Kier molecular flexibility index (Phi) is 28.4. The van der Waals surface area contributed by atoms with Gasteiger partial charge in [-0.1, -0.05) is 40.5 Å². The smallest absolute Gasteiger partial charge is 0.305 e. The highest BCUT2D eigenvalue weighted by Crippen LogP contribution is 1.93. The third-order valence-electron chi connectivity index (χ3n) is 2.19. The van der Waals surface area contributed by atoms with Gasteiger partial charge in [0.15, 0.2) is 0 Å². The van der Waals surface area contributed by atoms with E-state index in [4.69, 9.17) is 14.9 Å². The highest BCUT2D eigenvalue weighted by Gasteiger charge is 1.97. The Morgan fingerprint density at radius 3 is 1.62 bits per heavy atom. The molecule has 0 aliphatic carbocycles. The number of hydrogen-bond acceptors (Lipinski definition) is 4. The van der Waals surface area contributed by atoms with Crippen LogP contribution in [0.3, 0.4) is 0 Å². The lowest BCUT2D eigenvalue weighted by Gasteiger charge is -2.00. The van der Waals surface area contributed by atoms with Gasteiger partial charge in [0.05, 0.1) is 6.61 Å². The summed E-state index contributed by atoms with van der Waals surface area (Å²) >= 11 is 0. The zero-order chi connectivity index (χ0) is 16.9. The number of aliphatic hydroxyl groups is 1. The average molecular weight is 306 g/mol. The molecule has 0 bridgehead atoms. The van der Waals surface area contributed by atoms with Gasteiger partial charge in [-0.05, 0) is 25.7 Å². The van der Waals surface area contributed by atoms with Crippen LogP contribution < -0.4 is 0 Å². The van der Waals surface area contributed by atoms with Crippen molar-refractivity contribution in [2.45, 2.75) is 79.1 Å². The van der Waals surface area contributed by atoms with Gasteiger partial charge in [0.2, 0.25) is 0 Å². The highest BCUT2D eigenvalue weighted by atomic mass is 16.5. The molecule has 0 aromatic rings. The molecule has 0 saturated heterocycles. The summed E-state index contributed by atoms with van der Waals surface area (Å²) < 4.78 is 4.88. The van der Waals surface area contributed by atoms with Gasteiger partial charge in [-0.3, -0.25) is 9.59 Å². The van der Waals surface area contributed by atoms with Gasteiger partial charge in [0.25, 0.3) is 0 Å². The van der Waals surface area contributed by atoms with Crippen molar-refractivity contribution in [3.05, 3.63) is 0 Å². The van der Waals surface area contributed by atoms with Gasteiger partial charge < -0.3 is 14.9 Å². The fraction of sp³-hybridized carbons (Fsp3) is 0.875. The largest absolute Gasteiger partial charge is 0.481 e. The lowest BCUT2D eigenvalue weighted by atomic mass is 10.3. The van der Waals surface area contributed by atoms with E-state index in [1.165, 1.54) is 0 Å². The van der Waals surface area contributed by atoms with E-state index in [1.807, 2.05) is 13.8 Å². The number of carboxylic acid groups (broad SMARTS) is 1. The van der Waals surface area contributed by atoms with Crippen LogP contribution in [0.2, 0.25) is 0 Å². The van der Waals surface area contributed by atoms with E-state index in [1.54, 1.807) is 0 Å². The normalized spacial score (nSPS) is 8.81. The van der Waals surface area contributed by atoms with Crippen molar-refractivity contribution < 1.29 is 24.5 Å². The van der Waals surface area contributed by atoms with Gasteiger partial charge in [0.1, 0.15) is 0 Å². The standard InChI is InChI=1S/C8H16O2.C4H8O2.C4H10O/c1-3-5-7-10-8(9)6-4-2;1-2-3-4(5)6;1-2-3-4-5/h3-7H2,1-2H3;2-3H2,1H3,(H,5,6);5H,2-4H2,1H3. The van der Waals surface area contributed by atoms with E-state index >= 15 is 0 Å². The topological polar surface area (TPSA) is 83.8 Å². The van der Waals surface area contributed by atoms with Crippen LogP contribution in [0.5, 0.6) is 0 Å². The molecule has 2 N–H and O–H groups in total. The molecule has 0 saturated carbocycles. The molecular weight excluding hydrogens is 272 g/mol. The van der Waals surface area contributed by atoms with Gasteiger partial charge in [0, 0.05) is 19.4 Å². The Morgan fingerprint density at radius 2 is 1.38 bits per heavy atom. The molecule has 0 amide bonds. The zero-order valence-corrected chi connectivity index (χ0v) is 14.2. The predicted molar refractivity (Wildman–Crippen MR) is 85.3 cm³/mol. The monoisotopic (exact) mass is 306 g/mol. The first-order chi connectivity index (χ1) is 9.99. The molecule has 0 unspecified atom stereocenters. The average Bonchev–Trinajstić information content (AvgIpc) is 2.41. The van der Waals surface area contributed by atoms with Crippen LogP contribution in [-0.2, 0) is 14.3 Å². The molecule has 0 radical (unpaired) electrons. The minimum Gasteiger partial charge on any atom is -0.481 e. The fourth-order valence-electron chi connectivity index (χ4n) is 0.979. The third-order valence-corrected chi connectivity index (χ3v) is 2.19. The predicted octanol–water partition coefficient (Wildman–Crippen LogP) is 3.78. The Labute approximate surface area is 129 Å². The van der Waals surface area contributed by atoms with Crippen molar-refractivity contribution >= 4 is 11.9 Å². The number of rotatable bonds is 9. The van der Waals surface area contributed by atoms with Crippen molar-refractivity contribution in [1.82, 2.24) is 0 Å². The SMILES string of the molecule is CCCC(=O)O.CCCCO.CCCCOC(=O)CCC. The van der Waals surface area contributed by atoms with Crippen molar-refractivity contribution in [1.29, 1.82) is 0 Å². The van der Waals surface area contributed by atoms with Crippen LogP contribution in [-0.4, -0.2) is 35.4 Å². The molecular formula is C16H34O5. The van der Waals surface area contributed by atoms with Crippen LogP contribution in [0.15, 0.2) is 0 Å². The van der Waals surface area contributed by atoms with Crippen molar-refractivity contribution in [2.24, 2.45) is 0 Å². The van der Waals surface area contributed by atoms with Crippen LogP contribution in [0, 0.1) is 0 Å². The maximum atomic E-state index is 10.7. The van der Waals surface area contributed by atoms with Crippen molar-refractivity contribution in [2.75, 3.05) is 13.2 Å². The first-order valence-corrected chi connectivity index (χ1v) is 7.98. The van der Waals surface area contributed by atoms with Gasteiger partial charge in [-0.15, -0.1) is 0 Å². The number of aliphatic carboxylic acids is 1. The summed E-state index contributed by atoms with van der Waals surface area (Å²) in [7, 11) is 0. The lowest BCUT2D eigenvalue weighted by molar-refractivity contribution is -0.143. The van der Waals surface area contributed by atoms with Crippen molar-refractivity contribution in [3.8, 4) is 0 Å². The summed E-state index contributed by atoms with van der Waals surface area (Å²) in [5.41, 5.74) is 0. The number of carbonyl (C=O) groups excluding carboxylic acids is 1. The maximum Gasteiger partial charge on any atom is 0.305 e. The van der Waals surface area contributed by atoms with Crippen LogP contribution in [0.1, 0.15) is 79.1 Å². The first kappa shape index (κ1) is 24.9.